The Morgan fingerprint density at radius 3 is 3.00 bits per heavy atom. The molecule has 1 N–H and O–H groups in total. The van der Waals surface area contributed by atoms with E-state index >= 15 is 0 Å². The van der Waals surface area contributed by atoms with Crippen LogP contribution in [0, 0.1) is 0 Å². The number of nitrogens with one attached hydrogen (secondary N) is 1. The fraction of sp³-hybridized carbons (Fsp3) is 0.583. The van der Waals surface area contributed by atoms with E-state index in [0.717, 1.165) is 10.2 Å². The van der Waals surface area contributed by atoms with Gasteiger partial charge in [0.1, 0.15) is 0 Å². The van der Waals surface area contributed by atoms with E-state index in [4.69, 9.17) is 0 Å². The summed E-state index contributed by atoms with van der Waals surface area (Å²) in [6, 6.07) is 3.31. The first-order chi connectivity index (χ1) is 7.65. The van der Waals surface area contributed by atoms with Gasteiger partial charge in [-0.1, -0.05) is 0 Å². The topological polar surface area (TPSA) is 28.2 Å². The molecule has 2 unspecified atom stereocenters. The molecule has 16 heavy (non-hydrogen) atoms. The Labute approximate surface area is 105 Å². The van der Waals surface area contributed by atoms with Crippen LogP contribution < -0.4 is 5.32 Å². The average molecular weight is 284 g/mol. The Morgan fingerprint density at radius 1 is 1.50 bits per heavy atom. The van der Waals surface area contributed by atoms with Crippen molar-refractivity contribution in [3.63, 3.8) is 0 Å². The summed E-state index contributed by atoms with van der Waals surface area (Å²) in [6.45, 7) is 3.45. The first kappa shape index (κ1) is 11.9. The summed E-state index contributed by atoms with van der Waals surface area (Å²) in [6.07, 6.45) is 6.09. The standard InChI is InChI=1S/C12H18BrN3/c1-9-5-11(3-4-16(9)2)15-12-6-10(13)7-14-8-12/h6-9,11,15H,3-5H2,1-2H3. The van der Waals surface area contributed by atoms with E-state index in [1.54, 1.807) is 0 Å². The minimum atomic E-state index is 0.572. The molecule has 0 radical (unpaired) electrons. The van der Waals surface area contributed by atoms with Gasteiger partial charge in [0, 0.05) is 29.3 Å². The highest BCUT2D eigenvalue weighted by Crippen LogP contribution is 2.21. The van der Waals surface area contributed by atoms with Crippen LogP contribution in [0.3, 0.4) is 0 Å². The number of nitrogens with zero attached hydrogens (tertiary/aromatic N) is 2. The van der Waals surface area contributed by atoms with Gasteiger partial charge in [0.05, 0.1) is 11.9 Å². The Hall–Kier alpha value is -0.610. The number of pyridine rings is 1. The summed E-state index contributed by atoms with van der Waals surface area (Å²) in [7, 11) is 2.20. The molecule has 3 nitrogen and oxygen atoms in total. The molecule has 2 atom stereocenters. The summed E-state index contributed by atoms with van der Waals surface area (Å²) in [5, 5.41) is 3.55. The number of aromatic nitrogens is 1. The van der Waals surface area contributed by atoms with Crippen molar-refractivity contribution in [2.75, 3.05) is 18.9 Å². The SMILES string of the molecule is CC1CC(Nc2cncc(Br)c2)CCN1C. The lowest BCUT2D eigenvalue weighted by atomic mass is 9.99. The van der Waals surface area contributed by atoms with Crippen LogP contribution in [0.25, 0.3) is 0 Å². The molecular weight excluding hydrogens is 266 g/mol. The summed E-state index contributed by atoms with van der Waals surface area (Å²) >= 11 is 3.44. The molecule has 0 aliphatic carbocycles. The molecule has 1 aromatic rings. The molecule has 2 rings (SSSR count). The number of anilines is 1. The van der Waals surface area contributed by atoms with Crippen molar-refractivity contribution < 1.29 is 0 Å². The van der Waals surface area contributed by atoms with Crippen LogP contribution in [0.4, 0.5) is 5.69 Å². The molecule has 0 amide bonds. The molecular formula is C12H18BrN3. The van der Waals surface area contributed by atoms with Crippen LogP contribution in [-0.2, 0) is 0 Å². The van der Waals surface area contributed by atoms with Crippen LogP contribution in [0.15, 0.2) is 22.9 Å². The summed E-state index contributed by atoms with van der Waals surface area (Å²) in [5.41, 5.74) is 1.11. The highest BCUT2D eigenvalue weighted by atomic mass is 79.9. The summed E-state index contributed by atoms with van der Waals surface area (Å²) in [5.74, 6) is 0. The molecule has 4 heteroatoms. The number of hydrogen-bond acceptors (Lipinski definition) is 3. The Kier molecular flexibility index (Phi) is 3.82. The lowest BCUT2D eigenvalue weighted by Gasteiger charge is -2.35. The highest BCUT2D eigenvalue weighted by Gasteiger charge is 2.22. The van der Waals surface area contributed by atoms with Gasteiger partial charge in [0.15, 0.2) is 0 Å². The number of rotatable bonds is 2. The first-order valence-corrected chi connectivity index (χ1v) is 6.52. The lowest BCUT2D eigenvalue weighted by Crippen LogP contribution is -2.42. The summed E-state index contributed by atoms with van der Waals surface area (Å²) < 4.78 is 1.03. The minimum Gasteiger partial charge on any atom is -0.381 e. The monoisotopic (exact) mass is 283 g/mol. The van der Waals surface area contributed by atoms with Crippen LogP contribution in [0.1, 0.15) is 19.8 Å². The molecule has 1 saturated heterocycles. The van der Waals surface area contributed by atoms with Gasteiger partial charge < -0.3 is 10.2 Å². The smallest absolute Gasteiger partial charge is 0.0540 e. The van der Waals surface area contributed by atoms with Gasteiger partial charge in [-0.25, -0.2) is 0 Å². The maximum atomic E-state index is 4.16. The maximum Gasteiger partial charge on any atom is 0.0540 e. The molecule has 0 spiro atoms. The minimum absolute atomic E-state index is 0.572. The molecule has 0 aromatic carbocycles. The average Bonchev–Trinajstić information content (AvgIpc) is 2.24. The predicted molar refractivity (Wildman–Crippen MR) is 70.7 cm³/mol. The normalized spacial score (nSPS) is 26.7. The van der Waals surface area contributed by atoms with E-state index in [2.05, 4.69) is 51.2 Å². The van der Waals surface area contributed by atoms with Gasteiger partial charge in [-0.2, -0.15) is 0 Å². The van der Waals surface area contributed by atoms with E-state index in [0.29, 0.717) is 12.1 Å². The zero-order chi connectivity index (χ0) is 11.5. The zero-order valence-electron chi connectivity index (χ0n) is 9.78. The van der Waals surface area contributed by atoms with Crippen LogP contribution in [-0.4, -0.2) is 35.6 Å². The van der Waals surface area contributed by atoms with Gasteiger partial charge in [-0.3, -0.25) is 4.98 Å². The number of halogens is 1. The number of piperidine rings is 1. The van der Waals surface area contributed by atoms with E-state index in [9.17, 15) is 0 Å². The third-order valence-electron chi connectivity index (χ3n) is 3.28. The van der Waals surface area contributed by atoms with Gasteiger partial charge >= 0.3 is 0 Å². The molecule has 0 bridgehead atoms. The van der Waals surface area contributed by atoms with Crippen molar-refractivity contribution in [1.82, 2.24) is 9.88 Å². The van der Waals surface area contributed by atoms with Gasteiger partial charge in [0.25, 0.3) is 0 Å². The van der Waals surface area contributed by atoms with E-state index in [1.807, 2.05) is 12.4 Å². The van der Waals surface area contributed by atoms with Crippen molar-refractivity contribution in [3.8, 4) is 0 Å². The molecule has 1 aliphatic rings. The third-order valence-corrected chi connectivity index (χ3v) is 3.72. The first-order valence-electron chi connectivity index (χ1n) is 5.72. The Balaban J connectivity index is 1.95. The lowest BCUT2D eigenvalue weighted by molar-refractivity contribution is 0.190. The Bertz CT molecular complexity index is 356. The van der Waals surface area contributed by atoms with Gasteiger partial charge in [-0.05, 0) is 48.8 Å². The van der Waals surface area contributed by atoms with E-state index < -0.39 is 0 Å². The molecule has 0 saturated carbocycles. The van der Waals surface area contributed by atoms with Crippen molar-refractivity contribution in [1.29, 1.82) is 0 Å². The molecule has 88 valence electrons. The molecule has 2 heterocycles. The van der Waals surface area contributed by atoms with E-state index in [-0.39, 0.29) is 0 Å². The van der Waals surface area contributed by atoms with Gasteiger partial charge in [0.2, 0.25) is 0 Å². The number of likely N-dealkylation sites (tertiary alicyclic amines) is 1. The second-order valence-electron chi connectivity index (χ2n) is 4.59. The molecule has 1 fully saturated rings. The van der Waals surface area contributed by atoms with Crippen molar-refractivity contribution in [3.05, 3.63) is 22.9 Å². The highest BCUT2D eigenvalue weighted by molar-refractivity contribution is 9.10. The van der Waals surface area contributed by atoms with Crippen molar-refractivity contribution in [2.45, 2.75) is 31.8 Å². The zero-order valence-corrected chi connectivity index (χ0v) is 11.4. The third kappa shape index (κ3) is 2.95. The van der Waals surface area contributed by atoms with Crippen LogP contribution >= 0.6 is 15.9 Å². The fourth-order valence-electron chi connectivity index (χ4n) is 2.15. The molecule has 1 aliphatic heterocycles. The second kappa shape index (κ2) is 5.15. The van der Waals surface area contributed by atoms with E-state index in [1.165, 1.54) is 19.4 Å². The van der Waals surface area contributed by atoms with Gasteiger partial charge in [-0.15, -0.1) is 0 Å². The second-order valence-corrected chi connectivity index (χ2v) is 5.50. The summed E-state index contributed by atoms with van der Waals surface area (Å²) in [4.78, 5) is 6.58. The van der Waals surface area contributed by atoms with Crippen molar-refractivity contribution >= 4 is 21.6 Å². The Morgan fingerprint density at radius 2 is 2.31 bits per heavy atom. The number of hydrogen-bond donors (Lipinski definition) is 1. The maximum absolute atomic E-state index is 4.16. The fourth-order valence-corrected chi connectivity index (χ4v) is 2.51. The van der Waals surface area contributed by atoms with Crippen LogP contribution in [0.2, 0.25) is 0 Å². The predicted octanol–water partition coefficient (Wildman–Crippen LogP) is 2.74. The van der Waals surface area contributed by atoms with Crippen molar-refractivity contribution in [2.24, 2.45) is 0 Å². The molecule has 1 aromatic heterocycles. The largest absolute Gasteiger partial charge is 0.381 e. The quantitative estimate of drug-likeness (QED) is 0.905. The van der Waals surface area contributed by atoms with Crippen LogP contribution in [0.5, 0.6) is 0 Å².